The van der Waals surface area contributed by atoms with E-state index in [4.69, 9.17) is 9.47 Å². The van der Waals surface area contributed by atoms with Crippen LogP contribution in [0.25, 0.3) is 0 Å². The van der Waals surface area contributed by atoms with Gasteiger partial charge in [0.25, 0.3) is 0 Å². The topological polar surface area (TPSA) is 93.1 Å². The van der Waals surface area contributed by atoms with E-state index >= 15 is 0 Å². The number of aliphatic hydroxyl groups excluding tert-OH is 1. The van der Waals surface area contributed by atoms with E-state index in [2.05, 4.69) is 13.8 Å². The lowest BCUT2D eigenvalue weighted by atomic mass is 9.42. The molecular weight excluding hydrogens is 396 g/mol. The smallest absolute Gasteiger partial charge is 0.333 e. The Labute approximate surface area is 185 Å². The molecular formula is C25H38O6. The average molecular weight is 435 g/mol. The van der Waals surface area contributed by atoms with Crippen molar-refractivity contribution in [1.82, 2.24) is 0 Å². The molecule has 0 aromatic rings. The van der Waals surface area contributed by atoms with Crippen molar-refractivity contribution in [3.8, 4) is 0 Å². The Morgan fingerprint density at radius 3 is 2.58 bits per heavy atom. The van der Waals surface area contributed by atoms with Gasteiger partial charge in [-0.2, -0.15) is 0 Å². The number of rotatable bonds is 5. The highest BCUT2D eigenvalue weighted by atomic mass is 16.5. The molecule has 31 heavy (non-hydrogen) atoms. The molecule has 0 aromatic heterocycles. The summed E-state index contributed by atoms with van der Waals surface area (Å²) in [5.41, 5.74) is -0.803. The fraction of sp³-hybridized carbons (Fsp3) is 0.760. The molecule has 0 aromatic carbocycles. The van der Waals surface area contributed by atoms with Crippen LogP contribution in [0.5, 0.6) is 0 Å². The number of cyclic esters (lactones) is 1. The van der Waals surface area contributed by atoms with Crippen LogP contribution in [-0.2, 0) is 19.1 Å². The Kier molecular flexibility index (Phi) is 6.47. The molecule has 2 N–H and O–H groups in total. The normalized spacial score (nSPS) is 43.2. The molecule has 174 valence electrons. The lowest BCUT2D eigenvalue weighted by Crippen LogP contribution is -2.70. The van der Waals surface area contributed by atoms with Crippen molar-refractivity contribution in [3.63, 3.8) is 0 Å². The van der Waals surface area contributed by atoms with Gasteiger partial charge in [-0.3, -0.25) is 0 Å². The van der Waals surface area contributed by atoms with Crippen LogP contribution < -0.4 is 0 Å². The zero-order valence-electron chi connectivity index (χ0n) is 19.7. The summed E-state index contributed by atoms with van der Waals surface area (Å²) in [6, 6.07) is 0. The molecule has 0 bridgehead atoms. The third-order valence-electron chi connectivity index (χ3n) is 9.06. The Balaban J connectivity index is 1.96. The fourth-order valence-corrected chi connectivity index (χ4v) is 6.28. The molecule has 0 unspecified atom stereocenters. The second-order valence-electron chi connectivity index (χ2n) is 10.5. The first-order chi connectivity index (χ1) is 14.4. The standard InChI is InChI=1S/C25H38O6/c1-7-15(2)22(28)31-20-12-16(3)23(4,11-10-17-13-21(27)30-14-17)18-8-9-19(26)25(6,29)24(18,20)5/h7,13,16,18-20,26,29H,8-12,14H2,1-6H3/b15-7-/t16-,18+,19+,20-,23-,24+,25-/m1/s1. The second-order valence-corrected chi connectivity index (χ2v) is 10.5. The highest BCUT2D eigenvalue weighted by molar-refractivity contribution is 5.87. The molecule has 1 aliphatic heterocycles. The molecule has 3 rings (SSSR count). The molecule has 6 nitrogen and oxygen atoms in total. The van der Waals surface area contributed by atoms with E-state index in [9.17, 15) is 19.8 Å². The Hall–Kier alpha value is -1.66. The lowest BCUT2D eigenvalue weighted by molar-refractivity contribution is -0.275. The minimum Gasteiger partial charge on any atom is -0.458 e. The monoisotopic (exact) mass is 434 g/mol. The first-order valence-electron chi connectivity index (χ1n) is 11.5. The number of hydrogen-bond donors (Lipinski definition) is 2. The van der Waals surface area contributed by atoms with E-state index in [1.165, 1.54) is 0 Å². The number of carbonyl (C=O) groups is 2. The molecule has 2 saturated carbocycles. The van der Waals surface area contributed by atoms with Crippen molar-refractivity contribution in [3.05, 3.63) is 23.3 Å². The van der Waals surface area contributed by atoms with Crippen molar-refractivity contribution in [1.29, 1.82) is 0 Å². The minimum atomic E-state index is -1.39. The van der Waals surface area contributed by atoms with E-state index in [1.807, 2.05) is 6.92 Å². The van der Waals surface area contributed by atoms with Crippen LogP contribution in [0.2, 0.25) is 0 Å². The number of hydrogen-bond acceptors (Lipinski definition) is 6. The van der Waals surface area contributed by atoms with Crippen LogP contribution in [0.3, 0.4) is 0 Å². The maximum atomic E-state index is 12.7. The van der Waals surface area contributed by atoms with Crippen molar-refractivity contribution in [2.45, 2.75) is 91.5 Å². The number of carbonyl (C=O) groups excluding carboxylic acids is 2. The van der Waals surface area contributed by atoms with Crippen LogP contribution in [-0.4, -0.2) is 46.6 Å². The summed E-state index contributed by atoms with van der Waals surface area (Å²) < 4.78 is 11.1. The molecule has 1 heterocycles. The number of esters is 2. The van der Waals surface area contributed by atoms with Gasteiger partial charge in [0.1, 0.15) is 12.7 Å². The maximum absolute atomic E-state index is 12.7. The number of ether oxygens (including phenoxy) is 2. The van der Waals surface area contributed by atoms with Crippen LogP contribution in [0.15, 0.2) is 23.3 Å². The first kappa shape index (κ1) is 24.0. The van der Waals surface area contributed by atoms with Crippen LogP contribution in [0.1, 0.15) is 73.6 Å². The van der Waals surface area contributed by atoms with Crippen LogP contribution >= 0.6 is 0 Å². The largest absolute Gasteiger partial charge is 0.458 e. The Morgan fingerprint density at radius 2 is 2.00 bits per heavy atom. The van der Waals surface area contributed by atoms with E-state index in [0.29, 0.717) is 25.0 Å². The minimum absolute atomic E-state index is 0.0458. The van der Waals surface area contributed by atoms with E-state index in [0.717, 1.165) is 24.8 Å². The lowest BCUT2D eigenvalue weighted by Gasteiger charge is -2.65. The van der Waals surface area contributed by atoms with Gasteiger partial charge in [-0.1, -0.05) is 26.8 Å². The fourth-order valence-electron chi connectivity index (χ4n) is 6.28. The van der Waals surface area contributed by atoms with Gasteiger partial charge in [-0.25, -0.2) is 9.59 Å². The van der Waals surface area contributed by atoms with Crippen molar-refractivity contribution < 1.29 is 29.3 Å². The SMILES string of the molecule is C/C=C(/C)C(=O)O[C@@H]1C[C@@H](C)[C@@](C)(CCC2=CC(=O)OC2)[C@@H]2CC[C@H](O)[C@@](C)(O)[C@]12C. The zero-order chi connectivity index (χ0) is 23.2. The number of allylic oxidation sites excluding steroid dienone is 1. The average Bonchev–Trinajstić information content (AvgIpc) is 3.13. The molecule has 6 heteroatoms. The van der Waals surface area contributed by atoms with Gasteiger partial charge in [0.05, 0.1) is 11.7 Å². The maximum Gasteiger partial charge on any atom is 0.333 e. The molecule has 0 amide bonds. The summed E-state index contributed by atoms with van der Waals surface area (Å²) in [4.78, 5) is 24.1. The van der Waals surface area contributed by atoms with Gasteiger partial charge in [0.2, 0.25) is 0 Å². The summed E-state index contributed by atoms with van der Waals surface area (Å²) in [6.45, 7) is 12.0. The van der Waals surface area contributed by atoms with Gasteiger partial charge >= 0.3 is 11.9 Å². The predicted octanol–water partition coefficient (Wildman–Crippen LogP) is 3.70. The third-order valence-corrected chi connectivity index (χ3v) is 9.06. The Morgan fingerprint density at radius 1 is 1.32 bits per heavy atom. The van der Waals surface area contributed by atoms with Crippen molar-refractivity contribution >= 4 is 11.9 Å². The predicted molar refractivity (Wildman–Crippen MR) is 117 cm³/mol. The van der Waals surface area contributed by atoms with Crippen molar-refractivity contribution in [2.24, 2.45) is 22.7 Å². The molecule has 0 radical (unpaired) electrons. The molecule has 0 saturated heterocycles. The quantitative estimate of drug-likeness (QED) is 0.506. The van der Waals surface area contributed by atoms with Gasteiger partial charge in [-0.15, -0.1) is 0 Å². The van der Waals surface area contributed by atoms with Gasteiger partial charge < -0.3 is 19.7 Å². The highest BCUT2D eigenvalue weighted by Gasteiger charge is 2.67. The second kappa shape index (κ2) is 8.36. The first-order valence-corrected chi connectivity index (χ1v) is 11.5. The van der Waals surface area contributed by atoms with E-state index in [1.54, 1.807) is 32.9 Å². The number of fused-ring (bicyclic) bond motifs is 1. The molecule has 3 aliphatic rings. The molecule has 2 fully saturated rings. The summed E-state index contributed by atoms with van der Waals surface area (Å²) in [5.74, 6) is -0.369. The molecule has 7 atom stereocenters. The summed E-state index contributed by atoms with van der Waals surface area (Å²) in [7, 11) is 0. The van der Waals surface area contributed by atoms with Crippen LogP contribution in [0.4, 0.5) is 0 Å². The van der Waals surface area contributed by atoms with Gasteiger partial charge in [0.15, 0.2) is 0 Å². The van der Waals surface area contributed by atoms with E-state index < -0.39 is 23.2 Å². The molecule has 2 aliphatic carbocycles. The highest BCUT2D eigenvalue weighted by Crippen LogP contribution is 2.65. The Bertz CT molecular complexity index is 796. The summed E-state index contributed by atoms with van der Waals surface area (Å²) in [6.07, 6.45) is 5.41. The van der Waals surface area contributed by atoms with Gasteiger partial charge in [-0.05, 0) is 75.7 Å². The summed E-state index contributed by atoms with van der Waals surface area (Å²) >= 11 is 0. The van der Waals surface area contributed by atoms with Crippen LogP contribution in [0, 0.1) is 22.7 Å². The van der Waals surface area contributed by atoms with Gasteiger partial charge in [0, 0.05) is 17.1 Å². The van der Waals surface area contributed by atoms with Crippen molar-refractivity contribution in [2.75, 3.05) is 6.61 Å². The number of aliphatic hydroxyl groups is 2. The molecule has 0 spiro atoms. The summed E-state index contributed by atoms with van der Waals surface area (Å²) in [5, 5.41) is 22.3. The zero-order valence-corrected chi connectivity index (χ0v) is 19.7. The third kappa shape index (κ3) is 3.86. The van der Waals surface area contributed by atoms with E-state index in [-0.39, 0.29) is 29.2 Å².